The number of anilines is 3. The van der Waals surface area contributed by atoms with Gasteiger partial charge >= 0.3 is 5.97 Å². The molecule has 15 heteroatoms. The van der Waals surface area contributed by atoms with Gasteiger partial charge in [-0.05, 0) is 106 Å². The molecule has 330 valence electrons. The second-order valence-corrected chi connectivity index (χ2v) is 20.5. The summed E-state index contributed by atoms with van der Waals surface area (Å²) >= 11 is 0. The normalized spacial score (nSPS) is 22.1. The van der Waals surface area contributed by atoms with Gasteiger partial charge in [-0.3, -0.25) is 24.1 Å². The first-order chi connectivity index (χ1) is 29.3. The van der Waals surface area contributed by atoms with Crippen LogP contribution in [0.2, 0.25) is 18.6 Å². The van der Waals surface area contributed by atoms with Gasteiger partial charge in [0.2, 0.25) is 20.2 Å². The molecule has 3 aromatic rings. The Balaban J connectivity index is 1.42. The molecule has 61 heavy (non-hydrogen) atoms. The average Bonchev–Trinajstić information content (AvgIpc) is 3.66. The maximum Gasteiger partial charge on any atom is 0.305 e. The summed E-state index contributed by atoms with van der Waals surface area (Å²) in [5, 5.41) is 22.7. The van der Waals surface area contributed by atoms with Crippen molar-refractivity contribution in [1.82, 2.24) is 10.2 Å². The predicted molar refractivity (Wildman–Crippen MR) is 233 cm³/mol. The fourth-order valence-electron chi connectivity index (χ4n) is 9.48. The Morgan fingerprint density at radius 1 is 1.00 bits per heavy atom. The van der Waals surface area contributed by atoms with Gasteiger partial charge in [0.05, 0.1) is 50.3 Å². The van der Waals surface area contributed by atoms with E-state index < -0.39 is 37.6 Å². The van der Waals surface area contributed by atoms with E-state index in [1.165, 1.54) is 7.11 Å². The van der Waals surface area contributed by atoms with Crippen LogP contribution in [0.25, 0.3) is 0 Å². The topological polar surface area (TPSA) is 158 Å². The highest BCUT2D eigenvalue weighted by Crippen LogP contribution is 2.61. The summed E-state index contributed by atoms with van der Waals surface area (Å²) in [4.78, 5) is 60.7. The zero-order valence-electron chi connectivity index (χ0n) is 36.0. The second-order valence-electron chi connectivity index (χ2n) is 16.7. The van der Waals surface area contributed by atoms with Crippen molar-refractivity contribution in [3.8, 4) is 5.75 Å². The van der Waals surface area contributed by atoms with Crippen molar-refractivity contribution >= 4 is 49.2 Å². The molecule has 0 radical (unpaired) electrons. The van der Waals surface area contributed by atoms with Crippen molar-refractivity contribution in [2.75, 3.05) is 56.4 Å². The molecule has 13 nitrogen and oxygen atoms in total. The molecule has 3 heterocycles. The van der Waals surface area contributed by atoms with E-state index in [2.05, 4.69) is 5.32 Å². The number of hydrogen-bond acceptors (Lipinski definition) is 10. The van der Waals surface area contributed by atoms with Crippen LogP contribution in [0, 0.1) is 5.92 Å². The van der Waals surface area contributed by atoms with E-state index in [4.69, 9.17) is 14.2 Å². The van der Waals surface area contributed by atoms with E-state index in [1.807, 2.05) is 74.5 Å². The molecule has 5 atom stereocenters. The number of rotatable bonds is 20. The highest BCUT2D eigenvalue weighted by molar-refractivity contribution is 6.72. The third-order valence-electron chi connectivity index (χ3n) is 12.3. The van der Waals surface area contributed by atoms with Crippen LogP contribution >= 0.6 is 0 Å². The number of aliphatic hydroxyl groups is 2. The number of carbonyl (C=O) groups excluding carboxylic acids is 4. The summed E-state index contributed by atoms with van der Waals surface area (Å²) in [6.07, 6.45) is 1.66. The number of nitrogens with one attached hydrogen (secondary N) is 1. The van der Waals surface area contributed by atoms with Crippen LogP contribution < -0.4 is 19.9 Å². The lowest BCUT2D eigenvalue weighted by molar-refractivity contribution is -0.149. The molecule has 6 rings (SSSR count). The maximum atomic E-state index is 16.8. The Labute approximate surface area is 359 Å². The van der Waals surface area contributed by atoms with Crippen molar-refractivity contribution in [2.24, 2.45) is 5.92 Å². The van der Waals surface area contributed by atoms with Crippen LogP contribution in [0.5, 0.6) is 5.75 Å². The van der Waals surface area contributed by atoms with E-state index in [1.54, 1.807) is 33.9 Å². The number of hydrogen-bond donors (Lipinski definition) is 3. The Morgan fingerprint density at radius 3 is 2.44 bits per heavy atom. The number of ether oxygens (including phenoxy) is 3. The van der Waals surface area contributed by atoms with Crippen molar-refractivity contribution in [2.45, 2.75) is 102 Å². The number of fused-ring (bicyclic) bond motifs is 3. The van der Waals surface area contributed by atoms with Gasteiger partial charge in [-0.2, -0.15) is 0 Å². The molecule has 0 bridgehead atoms. The minimum absolute atomic E-state index is 0.0535. The van der Waals surface area contributed by atoms with Gasteiger partial charge in [0.1, 0.15) is 5.75 Å². The van der Waals surface area contributed by atoms with Crippen molar-refractivity contribution in [3.05, 3.63) is 83.4 Å². The van der Waals surface area contributed by atoms with E-state index in [0.29, 0.717) is 73.6 Å². The smallest absolute Gasteiger partial charge is 0.305 e. The first kappa shape index (κ1) is 45.8. The molecule has 0 aromatic heterocycles. The summed E-state index contributed by atoms with van der Waals surface area (Å²) in [5.74, 6) is -1.28. The number of methoxy groups -OCH3 is 1. The fraction of sp³-hybridized carbons (Fsp3) is 0.522. The molecular formula is C46H61FN4O9Si. The van der Waals surface area contributed by atoms with Gasteiger partial charge in [0.25, 0.3) is 5.91 Å². The van der Waals surface area contributed by atoms with Crippen LogP contribution in [0.4, 0.5) is 21.2 Å². The molecule has 0 saturated carbocycles. The predicted octanol–water partition coefficient (Wildman–Crippen LogP) is 5.91. The van der Waals surface area contributed by atoms with E-state index >= 15 is 8.90 Å². The molecule has 1 saturated heterocycles. The number of esters is 1. The first-order valence-electron chi connectivity index (χ1n) is 21.6. The van der Waals surface area contributed by atoms with E-state index in [9.17, 15) is 24.6 Å². The lowest BCUT2D eigenvalue weighted by Gasteiger charge is -2.36. The molecule has 0 aliphatic carbocycles. The largest absolute Gasteiger partial charge is 0.494 e. The van der Waals surface area contributed by atoms with Gasteiger partial charge in [-0.1, -0.05) is 37.3 Å². The summed E-state index contributed by atoms with van der Waals surface area (Å²) in [6.45, 7) is 8.25. The number of aliphatic hydroxyl groups excluding tert-OH is 2. The Kier molecular flexibility index (Phi) is 15.0. The monoisotopic (exact) mass is 860 g/mol. The molecule has 1 spiro atoms. The van der Waals surface area contributed by atoms with Crippen molar-refractivity contribution in [3.63, 3.8) is 0 Å². The highest BCUT2D eigenvalue weighted by Gasteiger charge is 2.67. The Morgan fingerprint density at radius 2 is 1.75 bits per heavy atom. The van der Waals surface area contributed by atoms with Crippen LogP contribution in [-0.2, 0) is 47.2 Å². The van der Waals surface area contributed by atoms with E-state index in [0.717, 1.165) is 11.1 Å². The fourth-order valence-corrected chi connectivity index (χ4v) is 12.0. The first-order valence-corrected chi connectivity index (χ1v) is 24.5. The van der Waals surface area contributed by atoms with Crippen LogP contribution in [-0.4, -0.2) is 106 Å². The van der Waals surface area contributed by atoms with Gasteiger partial charge in [-0.25, -0.2) is 0 Å². The lowest BCUT2D eigenvalue weighted by Crippen LogP contribution is -2.49. The summed E-state index contributed by atoms with van der Waals surface area (Å²) in [7, 11) is -2.34. The van der Waals surface area contributed by atoms with Crippen molar-refractivity contribution in [1.29, 1.82) is 0 Å². The molecule has 3 amide bonds. The minimum Gasteiger partial charge on any atom is -0.494 e. The van der Waals surface area contributed by atoms with Gasteiger partial charge < -0.3 is 43.6 Å². The molecular weight excluding hydrogens is 800 g/mol. The number of benzene rings is 3. The Hall–Kier alpha value is -4.67. The van der Waals surface area contributed by atoms with Crippen molar-refractivity contribution < 1.29 is 47.7 Å². The second kappa shape index (κ2) is 20.0. The zero-order valence-corrected chi connectivity index (χ0v) is 37.0. The average molecular weight is 861 g/mol. The van der Waals surface area contributed by atoms with Gasteiger partial charge in [-0.15, -0.1) is 0 Å². The molecule has 1 fully saturated rings. The number of amides is 3. The van der Waals surface area contributed by atoms with Crippen LogP contribution in [0.15, 0.2) is 66.7 Å². The number of halogens is 1. The lowest BCUT2D eigenvalue weighted by atomic mass is 9.82. The Bertz CT molecular complexity index is 2030. The summed E-state index contributed by atoms with van der Waals surface area (Å²) in [6, 6.07) is 19.9. The minimum atomic E-state index is -3.67. The zero-order chi connectivity index (χ0) is 43.9. The standard InChI is InChI=1S/C46H61FN4O9Si/c1-6-59-35-18-20-38-33(26-35)27-37(48-21-11-13-24-52)44(56)51(38)34-17-19-39-36(28-34)46(45(57)50(39)22-12-10-16-42(55)58-3)31(2)43(61(4,5)47)40(60-46)29-41(54)49(23-25-53)30-32-14-8-7-9-15-32/h7-9,14-15,17-20,26,28,31,37,40,43,48,52-53H,6,10-13,16,21-25,27,29-30H2,1-5H3/t31-,37?,40+,43-,46+/m1/s1. The molecule has 1 unspecified atom stereocenters. The molecule has 3 N–H and O–H groups in total. The highest BCUT2D eigenvalue weighted by atomic mass is 28.4. The quantitative estimate of drug-likeness (QED) is 0.0540. The van der Waals surface area contributed by atoms with Gasteiger partial charge in [0.15, 0.2) is 5.60 Å². The van der Waals surface area contributed by atoms with Crippen LogP contribution in [0.3, 0.4) is 0 Å². The molecule has 3 aromatic carbocycles. The summed E-state index contributed by atoms with van der Waals surface area (Å²) in [5.41, 5.74) is 1.51. The van der Waals surface area contributed by atoms with Crippen LogP contribution in [0.1, 0.15) is 69.1 Å². The third-order valence-corrected chi connectivity index (χ3v) is 14.7. The molecule has 3 aliphatic heterocycles. The third kappa shape index (κ3) is 9.70. The summed E-state index contributed by atoms with van der Waals surface area (Å²) < 4.78 is 34.5. The number of carbonyl (C=O) groups is 4. The van der Waals surface area contributed by atoms with Gasteiger partial charge in [0, 0.05) is 55.4 Å². The molecule has 3 aliphatic rings. The number of nitrogens with zero attached hydrogens (tertiary/aromatic N) is 3. The SMILES string of the molecule is CCOc1ccc2c(c1)CC(NCCCCO)C(=O)N2c1ccc2c(c1)[C@]1(O[C@@H](CC(=O)N(CCO)Cc3ccccc3)[C@H]([Si](C)(C)F)[C@H]1C)C(=O)N2CCCCC(=O)OC. The number of unbranched alkanes of at least 4 members (excludes halogenated alkanes) is 2. The van der Waals surface area contributed by atoms with E-state index in [-0.39, 0.29) is 69.4 Å². The maximum absolute atomic E-state index is 16.8.